The third kappa shape index (κ3) is 3.08. The fourth-order valence-corrected chi connectivity index (χ4v) is 3.50. The number of nitrogens with one attached hydrogen (secondary N) is 2. The third-order valence-corrected chi connectivity index (χ3v) is 5.26. The summed E-state index contributed by atoms with van der Waals surface area (Å²) in [5.74, 6) is 1.74. The van der Waals surface area contributed by atoms with Gasteiger partial charge in [-0.1, -0.05) is 0 Å². The monoisotopic (exact) mass is 399 g/mol. The first-order valence-corrected chi connectivity index (χ1v) is 9.73. The Balaban J connectivity index is 1.79. The van der Waals surface area contributed by atoms with Crippen LogP contribution < -0.4 is 19.9 Å². The van der Waals surface area contributed by atoms with Crippen molar-refractivity contribution in [3.63, 3.8) is 0 Å². The summed E-state index contributed by atoms with van der Waals surface area (Å²) in [6.45, 7) is 0. The van der Waals surface area contributed by atoms with E-state index < -0.39 is 10.0 Å². The first-order chi connectivity index (χ1) is 13.4. The van der Waals surface area contributed by atoms with Gasteiger partial charge in [-0.3, -0.25) is 0 Å². The van der Waals surface area contributed by atoms with E-state index in [2.05, 4.69) is 20.3 Å². The molecule has 0 aliphatic carbocycles. The number of anilines is 2. The maximum atomic E-state index is 11.4. The molecule has 4 rings (SSSR count). The Morgan fingerprint density at radius 1 is 1.04 bits per heavy atom. The summed E-state index contributed by atoms with van der Waals surface area (Å²) in [4.78, 5) is 12.0. The van der Waals surface area contributed by atoms with Crippen molar-refractivity contribution in [2.45, 2.75) is 4.90 Å². The van der Waals surface area contributed by atoms with Gasteiger partial charge in [-0.05, 0) is 30.3 Å². The molecule has 0 unspecified atom stereocenters. The van der Waals surface area contributed by atoms with Crippen molar-refractivity contribution in [2.75, 3.05) is 19.5 Å². The summed E-state index contributed by atoms with van der Waals surface area (Å²) in [6, 6.07) is 9.77. The zero-order chi connectivity index (χ0) is 19.9. The van der Waals surface area contributed by atoms with Crippen LogP contribution in [-0.2, 0) is 10.0 Å². The van der Waals surface area contributed by atoms with Gasteiger partial charge in [-0.2, -0.15) is 0 Å². The zero-order valence-electron chi connectivity index (χ0n) is 15.1. The van der Waals surface area contributed by atoms with Gasteiger partial charge in [-0.25, -0.2) is 23.5 Å². The van der Waals surface area contributed by atoms with Gasteiger partial charge in [0.1, 0.15) is 17.4 Å². The summed E-state index contributed by atoms with van der Waals surface area (Å²) in [7, 11) is -0.592. The Hall–Kier alpha value is -3.37. The van der Waals surface area contributed by atoms with Crippen LogP contribution in [0.3, 0.4) is 0 Å². The number of hydrogen-bond acceptors (Lipinski definition) is 7. The molecule has 0 aliphatic rings. The summed E-state index contributed by atoms with van der Waals surface area (Å²) in [5, 5.41) is 9.16. The third-order valence-electron chi connectivity index (χ3n) is 4.33. The Morgan fingerprint density at radius 2 is 1.71 bits per heavy atom. The zero-order valence-corrected chi connectivity index (χ0v) is 15.9. The van der Waals surface area contributed by atoms with Gasteiger partial charge in [0.15, 0.2) is 17.3 Å². The number of fused-ring (bicyclic) bond motifs is 3. The number of aromatic nitrogens is 3. The number of sulfonamides is 1. The Kier molecular flexibility index (Phi) is 4.28. The van der Waals surface area contributed by atoms with Crippen molar-refractivity contribution in [1.82, 2.24) is 15.0 Å². The second kappa shape index (κ2) is 6.66. The number of aromatic amines is 1. The van der Waals surface area contributed by atoms with Crippen molar-refractivity contribution in [3.05, 3.63) is 42.7 Å². The quantitative estimate of drug-likeness (QED) is 0.470. The molecule has 0 atom stereocenters. The lowest BCUT2D eigenvalue weighted by molar-refractivity contribution is 0.356. The van der Waals surface area contributed by atoms with Gasteiger partial charge >= 0.3 is 0 Å². The second-order valence-corrected chi connectivity index (χ2v) is 7.58. The molecule has 10 heteroatoms. The summed E-state index contributed by atoms with van der Waals surface area (Å²) >= 11 is 0. The van der Waals surface area contributed by atoms with Gasteiger partial charge < -0.3 is 19.8 Å². The lowest BCUT2D eigenvalue weighted by Crippen LogP contribution is -2.11. The van der Waals surface area contributed by atoms with E-state index in [0.29, 0.717) is 28.5 Å². The highest BCUT2D eigenvalue weighted by Crippen LogP contribution is 2.36. The summed E-state index contributed by atoms with van der Waals surface area (Å²) in [5.41, 5.74) is 2.89. The lowest BCUT2D eigenvalue weighted by Gasteiger charge is -2.07. The predicted molar refractivity (Wildman–Crippen MR) is 106 cm³/mol. The van der Waals surface area contributed by atoms with Crippen LogP contribution in [0.2, 0.25) is 0 Å². The first kappa shape index (κ1) is 18.0. The van der Waals surface area contributed by atoms with Crippen molar-refractivity contribution in [3.8, 4) is 11.5 Å². The van der Waals surface area contributed by atoms with Crippen molar-refractivity contribution < 1.29 is 17.9 Å². The molecule has 0 fully saturated rings. The molecule has 2 heterocycles. The molecule has 0 aliphatic heterocycles. The number of nitrogens with zero attached hydrogens (tertiary/aromatic N) is 2. The number of benzene rings is 2. The van der Waals surface area contributed by atoms with Crippen LogP contribution in [0.1, 0.15) is 0 Å². The average Bonchev–Trinajstić information content (AvgIpc) is 3.05. The van der Waals surface area contributed by atoms with E-state index in [4.69, 9.17) is 14.6 Å². The maximum Gasteiger partial charge on any atom is 0.238 e. The fourth-order valence-electron chi connectivity index (χ4n) is 2.98. The van der Waals surface area contributed by atoms with E-state index in [9.17, 15) is 8.42 Å². The molecule has 0 saturated carbocycles. The second-order valence-electron chi connectivity index (χ2n) is 6.02. The molecule has 144 valence electrons. The van der Waals surface area contributed by atoms with Crippen LogP contribution in [0.5, 0.6) is 11.5 Å². The van der Waals surface area contributed by atoms with E-state index in [1.165, 1.54) is 18.5 Å². The fraction of sp³-hybridized carbons (Fsp3) is 0.111. The number of nitrogens with two attached hydrogens (primary N) is 1. The number of ether oxygens (including phenoxy) is 2. The molecule has 0 bridgehead atoms. The van der Waals surface area contributed by atoms with Gasteiger partial charge in [0.25, 0.3) is 0 Å². The van der Waals surface area contributed by atoms with Crippen molar-refractivity contribution in [2.24, 2.45) is 5.14 Å². The van der Waals surface area contributed by atoms with Crippen LogP contribution in [0, 0.1) is 0 Å². The Labute approximate surface area is 160 Å². The van der Waals surface area contributed by atoms with Gasteiger partial charge in [-0.15, -0.1) is 0 Å². The Bertz CT molecular complexity index is 1280. The molecular formula is C18H17N5O4S. The van der Waals surface area contributed by atoms with Crippen LogP contribution in [0.15, 0.2) is 47.6 Å². The summed E-state index contributed by atoms with van der Waals surface area (Å²) < 4.78 is 33.5. The largest absolute Gasteiger partial charge is 0.493 e. The molecular weight excluding hydrogens is 382 g/mol. The van der Waals surface area contributed by atoms with Crippen molar-refractivity contribution >= 4 is 43.5 Å². The number of primary sulfonamides is 1. The normalized spacial score (nSPS) is 11.7. The van der Waals surface area contributed by atoms with E-state index in [1.807, 2.05) is 12.1 Å². The van der Waals surface area contributed by atoms with E-state index in [-0.39, 0.29) is 4.90 Å². The molecule has 4 aromatic rings. The molecule has 2 aromatic carbocycles. The van der Waals surface area contributed by atoms with Crippen LogP contribution in [-0.4, -0.2) is 37.6 Å². The maximum absolute atomic E-state index is 11.4. The molecule has 0 amide bonds. The number of methoxy groups -OCH3 is 2. The minimum absolute atomic E-state index is 0.0377. The predicted octanol–water partition coefficient (Wildman–Crippen LogP) is 2.52. The highest BCUT2D eigenvalue weighted by molar-refractivity contribution is 7.89. The standard InChI is InChI=1S/C18H17N5O4S/c1-26-14-7-12-13(8-15(14)27-2)23-17-16(12)20-9-21-18(17)22-10-3-5-11(6-4-10)28(19,24)25/h3-9,23H,1-2H3,(H2,19,24,25)(H,20,21,22). The van der Waals surface area contributed by atoms with Gasteiger partial charge in [0.2, 0.25) is 10.0 Å². The van der Waals surface area contributed by atoms with Crippen LogP contribution in [0.4, 0.5) is 11.5 Å². The van der Waals surface area contributed by atoms with E-state index in [1.54, 1.807) is 26.4 Å². The molecule has 28 heavy (non-hydrogen) atoms. The van der Waals surface area contributed by atoms with E-state index in [0.717, 1.165) is 16.4 Å². The SMILES string of the molecule is COc1cc2[nH]c3c(Nc4ccc(S(N)(=O)=O)cc4)ncnc3c2cc1OC. The minimum atomic E-state index is -3.74. The molecule has 0 radical (unpaired) electrons. The van der Waals surface area contributed by atoms with Crippen LogP contribution >= 0.6 is 0 Å². The molecule has 2 aromatic heterocycles. The van der Waals surface area contributed by atoms with Crippen molar-refractivity contribution in [1.29, 1.82) is 0 Å². The van der Waals surface area contributed by atoms with E-state index >= 15 is 0 Å². The number of H-pyrrole nitrogens is 1. The van der Waals surface area contributed by atoms with Gasteiger partial charge in [0.05, 0.1) is 24.6 Å². The smallest absolute Gasteiger partial charge is 0.238 e. The highest BCUT2D eigenvalue weighted by atomic mass is 32.2. The molecule has 0 saturated heterocycles. The number of hydrogen-bond donors (Lipinski definition) is 3. The number of rotatable bonds is 5. The van der Waals surface area contributed by atoms with Gasteiger partial charge in [0, 0.05) is 17.1 Å². The molecule has 9 nitrogen and oxygen atoms in total. The minimum Gasteiger partial charge on any atom is -0.493 e. The molecule has 4 N–H and O–H groups in total. The first-order valence-electron chi connectivity index (χ1n) is 8.19. The topological polar surface area (TPSA) is 132 Å². The Morgan fingerprint density at radius 3 is 2.36 bits per heavy atom. The highest BCUT2D eigenvalue weighted by Gasteiger charge is 2.15. The summed E-state index contributed by atoms with van der Waals surface area (Å²) in [6.07, 6.45) is 1.45. The lowest BCUT2D eigenvalue weighted by atomic mass is 10.2. The van der Waals surface area contributed by atoms with Crippen LogP contribution in [0.25, 0.3) is 21.9 Å². The average molecular weight is 399 g/mol. The molecule has 0 spiro atoms.